The van der Waals surface area contributed by atoms with Crippen molar-refractivity contribution in [3.05, 3.63) is 0 Å². The van der Waals surface area contributed by atoms with Gasteiger partial charge in [-0.3, -0.25) is 5.32 Å². The normalized spacial score (nSPS) is 18.9. The molecule has 110 valence electrons. The Hall–Kier alpha value is -0.800. The summed E-state index contributed by atoms with van der Waals surface area (Å²) in [5, 5.41) is 12.4. The molecule has 0 aromatic heterocycles. The Morgan fingerprint density at radius 2 is 1.89 bits per heavy atom. The molecule has 0 heterocycles. The summed E-state index contributed by atoms with van der Waals surface area (Å²) in [6.07, 6.45) is -0.644. The molecule has 0 spiro atoms. The van der Waals surface area contributed by atoms with E-state index in [0.29, 0.717) is 25.5 Å². The minimum absolute atomic E-state index is 0.278. The first-order valence-corrected chi connectivity index (χ1v) is 6.68. The van der Waals surface area contributed by atoms with Gasteiger partial charge in [0.25, 0.3) is 0 Å². The molecule has 1 atom stereocenters. The molecule has 19 heavy (non-hydrogen) atoms. The summed E-state index contributed by atoms with van der Waals surface area (Å²) in [4.78, 5) is 0. The van der Waals surface area contributed by atoms with Crippen LogP contribution < -0.4 is 5.32 Å². The summed E-state index contributed by atoms with van der Waals surface area (Å²) in [5.41, 5.74) is -0.521. The van der Waals surface area contributed by atoms with Crippen molar-refractivity contribution in [1.82, 2.24) is 5.32 Å². The van der Waals surface area contributed by atoms with Crippen LogP contribution in [0.5, 0.6) is 0 Å². The zero-order valence-electron chi connectivity index (χ0n) is 11.2. The number of alkyl halides is 3. The minimum Gasteiger partial charge on any atom is -0.381 e. The average Bonchev–Trinajstić information content (AvgIpc) is 3.10. The molecule has 1 aliphatic carbocycles. The highest BCUT2D eigenvalue weighted by molar-refractivity contribution is 5.06. The van der Waals surface area contributed by atoms with Gasteiger partial charge in [-0.05, 0) is 39.0 Å². The molecule has 6 heteroatoms. The Balaban J connectivity index is 2.01. The lowest BCUT2D eigenvalue weighted by Crippen LogP contribution is -2.42. The van der Waals surface area contributed by atoms with Crippen LogP contribution in [0.4, 0.5) is 13.2 Å². The summed E-state index contributed by atoms with van der Waals surface area (Å²) >= 11 is 0. The van der Waals surface area contributed by atoms with Crippen molar-refractivity contribution < 1.29 is 17.9 Å². The van der Waals surface area contributed by atoms with Gasteiger partial charge in [0.05, 0.1) is 19.1 Å². The molecular formula is C13H21F3N2O. The van der Waals surface area contributed by atoms with Crippen LogP contribution in [0.25, 0.3) is 0 Å². The van der Waals surface area contributed by atoms with E-state index in [2.05, 4.69) is 11.4 Å². The van der Waals surface area contributed by atoms with Gasteiger partial charge < -0.3 is 4.74 Å². The van der Waals surface area contributed by atoms with Gasteiger partial charge in [0.15, 0.2) is 0 Å². The number of hydrogen-bond donors (Lipinski definition) is 1. The smallest absolute Gasteiger partial charge is 0.381 e. The maximum absolute atomic E-state index is 11.8. The highest BCUT2D eigenvalue weighted by atomic mass is 19.4. The number of ether oxygens (including phenoxy) is 1. The van der Waals surface area contributed by atoms with Crippen molar-refractivity contribution in [2.24, 2.45) is 0 Å². The Morgan fingerprint density at radius 1 is 1.21 bits per heavy atom. The second-order valence-electron chi connectivity index (χ2n) is 5.30. The summed E-state index contributed by atoms with van der Waals surface area (Å²) in [6.45, 7) is 1.91. The van der Waals surface area contributed by atoms with Crippen LogP contribution >= 0.6 is 0 Å². The van der Waals surface area contributed by atoms with Gasteiger partial charge in [0.1, 0.15) is 5.54 Å². The fraction of sp³-hybridized carbons (Fsp3) is 0.923. The van der Waals surface area contributed by atoms with Crippen molar-refractivity contribution in [1.29, 1.82) is 5.26 Å². The molecule has 1 aliphatic rings. The van der Waals surface area contributed by atoms with Gasteiger partial charge in [-0.15, -0.1) is 0 Å². The third-order valence-corrected chi connectivity index (χ3v) is 3.09. The van der Waals surface area contributed by atoms with Crippen LogP contribution in [0.1, 0.15) is 45.4 Å². The number of nitrogens with zero attached hydrogens (tertiary/aromatic N) is 1. The van der Waals surface area contributed by atoms with Gasteiger partial charge in [0, 0.05) is 12.6 Å². The predicted molar refractivity (Wildman–Crippen MR) is 65.5 cm³/mol. The highest BCUT2D eigenvalue weighted by Gasteiger charge is 2.31. The summed E-state index contributed by atoms with van der Waals surface area (Å²) in [7, 11) is 0. The fourth-order valence-electron chi connectivity index (χ4n) is 1.81. The Labute approximate surface area is 112 Å². The van der Waals surface area contributed by atoms with E-state index in [1.54, 1.807) is 0 Å². The number of unbranched alkanes of at least 4 members (excludes halogenated alkanes) is 1. The molecule has 3 nitrogen and oxygen atoms in total. The third-order valence-electron chi connectivity index (χ3n) is 3.09. The SMILES string of the molecule is CC(C#N)(CCCCOCCC(F)(F)F)NC1CC1. The molecule has 1 saturated carbocycles. The second kappa shape index (κ2) is 7.11. The van der Waals surface area contributed by atoms with E-state index in [4.69, 9.17) is 10.00 Å². The first-order chi connectivity index (χ1) is 8.85. The molecule has 0 amide bonds. The molecule has 0 aromatic rings. The minimum atomic E-state index is -4.15. The van der Waals surface area contributed by atoms with Crippen LogP contribution in [-0.4, -0.2) is 31.0 Å². The molecule has 1 rings (SSSR count). The van der Waals surface area contributed by atoms with E-state index in [0.717, 1.165) is 19.3 Å². The fourth-order valence-corrected chi connectivity index (χ4v) is 1.81. The lowest BCUT2D eigenvalue weighted by Gasteiger charge is -2.23. The summed E-state index contributed by atoms with van der Waals surface area (Å²) in [6, 6.07) is 2.74. The van der Waals surface area contributed by atoms with Gasteiger partial charge in [-0.25, -0.2) is 0 Å². The van der Waals surface area contributed by atoms with Crippen molar-refractivity contribution in [2.45, 2.75) is 63.2 Å². The molecule has 0 aromatic carbocycles. The molecule has 0 bridgehead atoms. The molecule has 1 unspecified atom stereocenters. The van der Waals surface area contributed by atoms with Gasteiger partial charge >= 0.3 is 6.18 Å². The number of nitriles is 1. The van der Waals surface area contributed by atoms with Gasteiger partial charge in [0.2, 0.25) is 0 Å². The molecular weight excluding hydrogens is 257 g/mol. The lowest BCUT2D eigenvalue weighted by molar-refractivity contribution is -0.145. The van der Waals surface area contributed by atoms with E-state index in [1.165, 1.54) is 0 Å². The van der Waals surface area contributed by atoms with Crippen LogP contribution in [0.15, 0.2) is 0 Å². The summed E-state index contributed by atoms with van der Waals surface area (Å²) < 4.78 is 40.4. The van der Waals surface area contributed by atoms with E-state index in [1.807, 2.05) is 6.92 Å². The number of nitrogens with one attached hydrogen (secondary N) is 1. The molecule has 0 radical (unpaired) electrons. The monoisotopic (exact) mass is 278 g/mol. The van der Waals surface area contributed by atoms with Crippen LogP contribution in [-0.2, 0) is 4.74 Å². The summed E-state index contributed by atoms with van der Waals surface area (Å²) in [5.74, 6) is 0. The van der Waals surface area contributed by atoms with Crippen molar-refractivity contribution in [3.8, 4) is 6.07 Å². The topological polar surface area (TPSA) is 45.0 Å². The first-order valence-electron chi connectivity index (χ1n) is 6.68. The lowest BCUT2D eigenvalue weighted by atomic mass is 9.96. The van der Waals surface area contributed by atoms with Crippen molar-refractivity contribution in [2.75, 3.05) is 13.2 Å². The zero-order valence-corrected chi connectivity index (χ0v) is 11.2. The van der Waals surface area contributed by atoms with Gasteiger partial charge in [-0.2, -0.15) is 18.4 Å². The number of hydrogen-bond acceptors (Lipinski definition) is 3. The number of rotatable bonds is 9. The predicted octanol–water partition coefficient (Wildman–Crippen LogP) is 3.16. The third kappa shape index (κ3) is 8.06. The quantitative estimate of drug-likeness (QED) is 0.659. The zero-order chi connectivity index (χ0) is 14.4. The second-order valence-corrected chi connectivity index (χ2v) is 5.30. The molecule has 0 saturated heterocycles. The first kappa shape index (κ1) is 16.3. The molecule has 0 aliphatic heterocycles. The van der Waals surface area contributed by atoms with Crippen molar-refractivity contribution >= 4 is 0 Å². The maximum Gasteiger partial charge on any atom is 0.391 e. The largest absolute Gasteiger partial charge is 0.391 e. The van der Waals surface area contributed by atoms with Crippen LogP contribution in [0.3, 0.4) is 0 Å². The van der Waals surface area contributed by atoms with Crippen LogP contribution in [0, 0.1) is 11.3 Å². The highest BCUT2D eigenvalue weighted by Crippen LogP contribution is 2.24. The molecule has 1 fully saturated rings. The van der Waals surface area contributed by atoms with E-state index < -0.39 is 18.1 Å². The van der Waals surface area contributed by atoms with E-state index in [9.17, 15) is 13.2 Å². The maximum atomic E-state index is 11.8. The van der Waals surface area contributed by atoms with E-state index in [-0.39, 0.29) is 6.61 Å². The van der Waals surface area contributed by atoms with Crippen LogP contribution in [0.2, 0.25) is 0 Å². The number of halogens is 3. The average molecular weight is 278 g/mol. The Morgan fingerprint density at radius 3 is 2.42 bits per heavy atom. The van der Waals surface area contributed by atoms with Gasteiger partial charge in [-0.1, -0.05) is 0 Å². The molecule has 1 N–H and O–H groups in total. The van der Waals surface area contributed by atoms with E-state index >= 15 is 0 Å². The Bertz CT molecular complexity index is 310. The standard InChI is InChI=1S/C13H21F3N2O/c1-12(10-17,18-11-4-5-11)6-2-3-8-19-9-7-13(14,15)16/h11,18H,2-9H2,1H3. The van der Waals surface area contributed by atoms with Crippen molar-refractivity contribution in [3.63, 3.8) is 0 Å². The Kier molecular flexibility index (Phi) is 6.08.